The number of pyridine rings is 1. The van der Waals surface area contributed by atoms with Gasteiger partial charge >= 0.3 is 0 Å². The minimum Gasteiger partial charge on any atom is -0.454 e. The number of sulfone groups is 1. The van der Waals surface area contributed by atoms with Crippen LogP contribution in [0, 0.1) is 11.6 Å². The molecule has 0 bridgehead atoms. The zero-order chi connectivity index (χ0) is 24.7. The Morgan fingerprint density at radius 1 is 1.06 bits per heavy atom. The summed E-state index contributed by atoms with van der Waals surface area (Å²) in [7, 11) is -4.20. The van der Waals surface area contributed by atoms with Crippen LogP contribution in [-0.4, -0.2) is 27.2 Å². The van der Waals surface area contributed by atoms with Gasteiger partial charge in [-0.15, -0.1) is 0 Å². The molecule has 3 heterocycles. The van der Waals surface area contributed by atoms with E-state index in [0.29, 0.717) is 39.7 Å². The number of hydrogen-bond acceptors (Lipinski definition) is 8. The summed E-state index contributed by atoms with van der Waals surface area (Å²) in [6, 6.07) is 9.39. The number of rotatable bonds is 6. The lowest BCUT2D eigenvalue weighted by atomic mass is 10.1. The number of nitrogen functional groups attached to an aromatic ring is 1. The number of anilines is 1. The SMILES string of the molecule is Nc1cnc2ccc(-c3cc(Cl)ccc3Oc3cc(F)c(S(=O)(=O)Cc4ncns4)cc3F)cn12. The highest BCUT2D eigenvalue weighted by molar-refractivity contribution is 7.90. The van der Waals surface area contributed by atoms with E-state index in [9.17, 15) is 17.2 Å². The first kappa shape index (κ1) is 23.1. The van der Waals surface area contributed by atoms with Crippen molar-refractivity contribution in [1.29, 1.82) is 0 Å². The molecule has 0 aliphatic heterocycles. The molecule has 35 heavy (non-hydrogen) atoms. The molecule has 0 atom stereocenters. The van der Waals surface area contributed by atoms with Crippen LogP contribution in [-0.2, 0) is 15.6 Å². The molecule has 13 heteroatoms. The Labute approximate surface area is 206 Å². The molecule has 0 unspecified atom stereocenters. The predicted molar refractivity (Wildman–Crippen MR) is 127 cm³/mol. The average Bonchev–Trinajstić information content (AvgIpc) is 3.46. The van der Waals surface area contributed by atoms with Gasteiger partial charge in [0.2, 0.25) is 0 Å². The molecule has 5 rings (SSSR count). The molecular weight excluding hydrogens is 520 g/mol. The Morgan fingerprint density at radius 3 is 2.66 bits per heavy atom. The summed E-state index contributed by atoms with van der Waals surface area (Å²) in [6.45, 7) is 0. The molecule has 0 aliphatic carbocycles. The number of ether oxygens (including phenoxy) is 1. The second-order valence-corrected chi connectivity index (χ2v) is 10.6. The summed E-state index contributed by atoms with van der Waals surface area (Å²) < 4.78 is 66.0. The van der Waals surface area contributed by atoms with Crippen LogP contribution >= 0.6 is 23.1 Å². The van der Waals surface area contributed by atoms with Crippen LogP contribution in [0.4, 0.5) is 14.6 Å². The Balaban J connectivity index is 1.52. The van der Waals surface area contributed by atoms with Crippen LogP contribution in [0.1, 0.15) is 5.01 Å². The molecule has 0 saturated heterocycles. The highest BCUT2D eigenvalue weighted by atomic mass is 35.5. The number of fused-ring (bicyclic) bond motifs is 1. The zero-order valence-electron chi connectivity index (χ0n) is 17.5. The van der Waals surface area contributed by atoms with Crippen LogP contribution in [0.2, 0.25) is 5.02 Å². The van der Waals surface area contributed by atoms with Gasteiger partial charge in [-0.3, -0.25) is 4.40 Å². The number of halogens is 3. The Hall–Kier alpha value is -3.61. The summed E-state index contributed by atoms with van der Waals surface area (Å²) in [4.78, 5) is 7.15. The van der Waals surface area contributed by atoms with E-state index >= 15 is 0 Å². The number of benzene rings is 2. The van der Waals surface area contributed by atoms with Crippen molar-refractivity contribution in [2.45, 2.75) is 10.6 Å². The molecule has 0 spiro atoms. The van der Waals surface area contributed by atoms with Gasteiger partial charge in [-0.2, -0.15) is 4.37 Å². The number of imidazole rings is 1. The second-order valence-electron chi connectivity index (χ2n) is 7.38. The van der Waals surface area contributed by atoms with Crippen molar-refractivity contribution in [3.63, 3.8) is 0 Å². The normalized spacial score (nSPS) is 11.7. The van der Waals surface area contributed by atoms with Crippen molar-refractivity contribution >= 4 is 44.4 Å². The van der Waals surface area contributed by atoms with Gasteiger partial charge in [-0.05, 0) is 47.9 Å². The predicted octanol–water partition coefficient (Wildman–Crippen LogP) is 5.13. The summed E-state index contributed by atoms with van der Waals surface area (Å²) in [5.41, 5.74) is 7.65. The molecule has 178 valence electrons. The molecule has 0 amide bonds. The summed E-state index contributed by atoms with van der Waals surface area (Å²) in [5, 5.41) is 0.544. The summed E-state index contributed by atoms with van der Waals surface area (Å²) in [6.07, 6.45) is 4.40. The van der Waals surface area contributed by atoms with E-state index in [-0.39, 0.29) is 10.8 Å². The van der Waals surface area contributed by atoms with Crippen LogP contribution in [0.3, 0.4) is 0 Å². The van der Waals surface area contributed by atoms with E-state index in [4.69, 9.17) is 22.1 Å². The lowest BCUT2D eigenvalue weighted by Crippen LogP contribution is -2.08. The van der Waals surface area contributed by atoms with Crippen LogP contribution in [0.25, 0.3) is 16.8 Å². The third-order valence-corrected chi connectivity index (χ3v) is 7.76. The molecule has 5 aromatic rings. The third-order valence-electron chi connectivity index (χ3n) is 5.05. The molecule has 2 aromatic carbocycles. The van der Waals surface area contributed by atoms with Crippen molar-refractivity contribution in [2.24, 2.45) is 0 Å². The first-order valence-corrected chi connectivity index (χ1v) is 12.7. The van der Waals surface area contributed by atoms with Crippen LogP contribution < -0.4 is 10.5 Å². The lowest BCUT2D eigenvalue weighted by Gasteiger charge is -2.14. The van der Waals surface area contributed by atoms with Gasteiger partial charge in [0, 0.05) is 28.4 Å². The van der Waals surface area contributed by atoms with Gasteiger partial charge in [0.15, 0.2) is 21.4 Å². The van der Waals surface area contributed by atoms with Gasteiger partial charge in [0.25, 0.3) is 0 Å². The topological polar surface area (TPSA) is 112 Å². The maximum absolute atomic E-state index is 14.9. The maximum Gasteiger partial charge on any atom is 0.187 e. The van der Waals surface area contributed by atoms with E-state index in [1.54, 1.807) is 28.8 Å². The average molecular weight is 534 g/mol. The van der Waals surface area contributed by atoms with Crippen LogP contribution in [0.5, 0.6) is 11.5 Å². The van der Waals surface area contributed by atoms with Crippen molar-refractivity contribution in [1.82, 2.24) is 18.7 Å². The van der Waals surface area contributed by atoms with Gasteiger partial charge < -0.3 is 10.5 Å². The summed E-state index contributed by atoms with van der Waals surface area (Å²) >= 11 is 7.03. The lowest BCUT2D eigenvalue weighted by molar-refractivity contribution is 0.433. The van der Waals surface area contributed by atoms with Gasteiger partial charge in [-0.25, -0.2) is 27.2 Å². The van der Waals surface area contributed by atoms with Gasteiger partial charge in [0.1, 0.15) is 45.0 Å². The standard InChI is InChI=1S/C22H14ClF2N5O3S2/c23-13-2-3-17(14(5-13)12-1-4-21-27-8-20(26)30(21)9-12)33-18-6-16(25)19(7-15(18)24)35(31,32)10-22-28-11-29-34-22/h1-9,11H,10,26H2. The molecule has 0 saturated carbocycles. The minimum absolute atomic E-state index is 0.159. The Bertz CT molecular complexity index is 1670. The maximum atomic E-state index is 14.9. The van der Waals surface area contributed by atoms with E-state index in [1.807, 2.05) is 0 Å². The molecular formula is C22H14ClF2N5O3S2. The molecule has 3 aromatic heterocycles. The third kappa shape index (κ3) is 4.55. The largest absolute Gasteiger partial charge is 0.454 e. The summed E-state index contributed by atoms with van der Waals surface area (Å²) in [5.74, 6) is -2.74. The Morgan fingerprint density at radius 2 is 1.89 bits per heavy atom. The van der Waals surface area contributed by atoms with Crippen molar-refractivity contribution in [2.75, 3.05) is 5.73 Å². The zero-order valence-corrected chi connectivity index (χ0v) is 19.9. The van der Waals surface area contributed by atoms with E-state index in [0.717, 1.165) is 11.5 Å². The van der Waals surface area contributed by atoms with Gasteiger partial charge in [-0.1, -0.05) is 11.6 Å². The van der Waals surface area contributed by atoms with Crippen molar-refractivity contribution in [3.05, 3.63) is 82.9 Å². The fraction of sp³-hybridized carbons (Fsp3) is 0.0455. The van der Waals surface area contributed by atoms with Crippen molar-refractivity contribution < 1.29 is 21.9 Å². The smallest absolute Gasteiger partial charge is 0.187 e. The second kappa shape index (κ2) is 8.87. The molecule has 0 radical (unpaired) electrons. The quantitative estimate of drug-likeness (QED) is 0.322. The number of aromatic nitrogens is 4. The van der Waals surface area contributed by atoms with Crippen LogP contribution in [0.15, 0.2) is 66.1 Å². The molecule has 8 nitrogen and oxygen atoms in total. The first-order valence-electron chi connectivity index (χ1n) is 9.89. The number of hydrogen-bond donors (Lipinski definition) is 1. The van der Waals surface area contributed by atoms with Crippen molar-refractivity contribution in [3.8, 4) is 22.6 Å². The number of nitrogens with two attached hydrogens (primary N) is 1. The number of nitrogens with zero attached hydrogens (tertiary/aromatic N) is 4. The van der Waals surface area contributed by atoms with E-state index in [2.05, 4.69) is 14.3 Å². The molecule has 0 fully saturated rings. The van der Waals surface area contributed by atoms with E-state index < -0.39 is 37.9 Å². The molecule has 2 N–H and O–H groups in total. The minimum atomic E-state index is -4.20. The fourth-order valence-corrected chi connectivity index (χ4v) is 5.77. The monoisotopic (exact) mass is 533 g/mol. The highest BCUT2D eigenvalue weighted by Crippen LogP contribution is 2.38. The molecule has 0 aliphatic rings. The Kier molecular flexibility index (Phi) is 5.87. The first-order chi connectivity index (χ1) is 16.7. The van der Waals surface area contributed by atoms with E-state index in [1.165, 1.54) is 24.7 Å². The highest BCUT2D eigenvalue weighted by Gasteiger charge is 2.25. The van der Waals surface area contributed by atoms with Gasteiger partial charge in [0.05, 0.1) is 6.20 Å². The fourth-order valence-electron chi connectivity index (χ4n) is 3.42.